The molecule has 2 unspecified atom stereocenters. The van der Waals surface area contributed by atoms with Crippen LogP contribution in [0.4, 0.5) is 5.69 Å². The Kier molecular flexibility index (Phi) is 4.88. The van der Waals surface area contributed by atoms with Crippen LogP contribution in [0.15, 0.2) is 24.3 Å². The quantitative estimate of drug-likeness (QED) is 0.785. The zero-order valence-corrected chi connectivity index (χ0v) is 11.3. The Bertz CT molecular complexity index is 367. The molecule has 2 atom stereocenters. The molecule has 0 radical (unpaired) electrons. The number of hydrogen-bond donors (Lipinski definition) is 1. The molecule has 1 aromatic rings. The van der Waals surface area contributed by atoms with Crippen molar-refractivity contribution in [1.82, 2.24) is 0 Å². The van der Waals surface area contributed by atoms with E-state index < -0.39 is 0 Å². The van der Waals surface area contributed by atoms with Crippen LogP contribution in [0.2, 0.25) is 0 Å². The summed E-state index contributed by atoms with van der Waals surface area (Å²) in [6.45, 7) is 3.55. The van der Waals surface area contributed by atoms with Gasteiger partial charge in [0.05, 0.1) is 6.61 Å². The molecule has 1 fully saturated rings. The molecule has 0 aliphatic heterocycles. The average Bonchev–Trinajstić information content (AvgIpc) is 2.76. The lowest BCUT2D eigenvalue weighted by Crippen LogP contribution is -2.15. The molecule has 0 bridgehead atoms. The lowest BCUT2D eigenvalue weighted by atomic mass is 10.1. The Hall–Kier alpha value is -1.22. The first-order chi connectivity index (χ1) is 8.78. The van der Waals surface area contributed by atoms with E-state index in [1.54, 1.807) is 7.11 Å². The summed E-state index contributed by atoms with van der Waals surface area (Å²) in [5, 5.41) is 3.59. The van der Waals surface area contributed by atoms with Gasteiger partial charge in [0.2, 0.25) is 0 Å². The van der Waals surface area contributed by atoms with Gasteiger partial charge < -0.3 is 14.8 Å². The average molecular weight is 249 g/mol. The fraction of sp³-hybridized carbons (Fsp3) is 0.600. The lowest BCUT2D eigenvalue weighted by molar-refractivity contribution is 0.146. The minimum absolute atomic E-state index is 0.598. The fourth-order valence-electron chi connectivity index (χ4n) is 2.49. The molecule has 18 heavy (non-hydrogen) atoms. The summed E-state index contributed by atoms with van der Waals surface area (Å²) >= 11 is 0. The molecule has 0 spiro atoms. The van der Waals surface area contributed by atoms with Crippen molar-refractivity contribution in [2.75, 3.05) is 25.6 Å². The molecule has 1 aliphatic rings. The predicted molar refractivity (Wildman–Crippen MR) is 74.2 cm³/mol. The van der Waals surface area contributed by atoms with Crippen molar-refractivity contribution in [3.8, 4) is 5.75 Å². The lowest BCUT2D eigenvalue weighted by Gasteiger charge is -2.15. The standard InChI is InChI=1S/C15H23NO2/c1-12-6-7-14(10-12)16-13-4-3-5-15(11-13)18-9-8-17-2/h3-5,11-12,14,16H,6-10H2,1-2H3. The van der Waals surface area contributed by atoms with Crippen LogP contribution >= 0.6 is 0 Å². The second-order valence-corrected chi connectivity index (χ2v) is 5.13. The third-order valence-electron chi connectivity index (χ3n) is 3.46. The Morgan fingerprint density at radius 1 is 1.28 bits per heavy atom. The summed E-state index contributed by atoms with van der Waals surface area (Å²) < 4.78 is 10.6. The molecule has 3 nitrogen and oxygen atoms in total. The van der Waals surface area contributed by atoms with Gasteiger partial charge in [-0.3, -0.25) is 0 Å². The molecule has 0 heterocycles. The topological polar surface area (TPSA) is 30.5 Å². The summed E-state index contributed by atoms with van der Waals surface area (Å²) in [4.78, 5) is 0. The van der Waals surface area contributed by atoms with Gasteiger partial charge in [0.25, 0.3) is 0 Å². The van der Waals surface area contributed by atoms with Crippen molar-refractivity contribution in [1.29, 1.82) is 0 Å². The minimum Gasteiger partial charge on any atom is -0.491 e. The highest BCUT2D eigenvalue weighted by molar-refractivity contribution is 5.49. The molecular formula is C15H23NO2. The van der Waals surface area contributed by atoms with Gasteiger partial charge in [-0.1, -0.05) is 13.0 Å². The second kappa shape index (κ2) is 6.64. The highest BCUT2D eigenvalue weighted by Gasteiger charge is 2.20. The Labute approximate surface area is 109 Å². The second-order valence-electron chi connectivity index (χ2n) is 5.13. The minimum atomic E-state index is 0.598. The summed E-state index contributed by atoms with van der Waals surface area (Å²) in [6.07, 6.45) is 3.88. The molecule has 1 aliphatic carbocycles. The number of methoxy groups -OCH3 is 1. The van der Waals surface area contributed by atoms with Gasteiger partial charge in [-0.15, -0.1) is 0 Å². The maximum absolute atomic E-state index is 5.61. The van der Waals surface area contributed by atoms with E-state index in [1.807, 2.05) is 12.1 Å². The molecule has 3 heteroatoms. The van der Waals surface area contributed by atoms with Gasteiger partial charge in [-0.05, 0) is 37.3 Å². The maximum Gasteiger partial charge on any atom is 0.121 e. The molecule has 100 valence electrons. The van der Waals surface area contributed by atoms with Gasteiger partial charge in [-0.25, -0.2) is 0 Å². The Morgan fingerprint density at radius 3 is 2.89 bits per heavy atom. The molecule has 1 saturated carbocycles. The molecule has 0 amide bonds. The van der Waals surface area contributed by atoms with Crippen molar-refractivity contribution in [2.24, 2.45) is 5.92 Å². The SMILES string of the molecule is COCCOc1cccc(NC2CCC(C)C2)c1. The molecule has 0 aromatic heterocycles. The van der Waals surface area contributed by atoms with Crippen LogP contribution < -0.4 is 10.1 Å². The summed E-state index contributed by atoms with van der Waals surface area (Å²) in [6, 6.07) is 8.81. The zero-order valence-electron chi connectivity index (χ0n) is 11.3. The van der Waals surface area contributed by atoms with Crippen LogP contribution in [0.1, 0.15) is 26.2 Å². The smallest absolute Gasteiger partial charge is 0.121 e. The Balaban J connectivity index is 1.86. The molecule has 0 saturated heterocycles. The third-order valence-corrected chi connectivity index (χ3v) is 3.46. The first kappa shape index (κ1) is 13.2. The maximum atomic E-state index is 5.61. The molecule has 1 N–H and O–H groups in total. The van der Waals surface area contributed by atoms with Gasteiger partial charge >= 0.3 is 0 Å². The first-order valence-corrected chi connectivity index (χ1v) is 6.76. The van der Waals surface area contributed by atoms with Crippen molar-refractivity contribution in [3.63, 3.8) is 0 Å². The fourth-order valence-corrected chi connectivity index (χ4v) is 2.49. The number of anilines is 1. The highest BCUT2D eigenvalue weighted by atomic mass is 16.5. The van der Waals surface area contributed by atoms with E-state index in [4.69, 9.17) is 9.47 Å². The molecule has 2 rings (SSSR count). The normalized spacial score (nSPS) is 23.0. The molecule has 1 aromatic carbocycles. The highest BCUT2D eigenvalue weighted by Crippen LogP contribution is 2.28. The first-order valence-electron chi connectivity index (χ1n) is 6.76. The van der Waals surface area contributed by atoms with E-state index in [9.17, 15) is 0 Å². The van der Waals surface area contributed by atoms with Crippen LogP contribution in [0.25, 0.3) is 0 Å². The zero-order chi connectivity index (χ0) is 12.8. The van der Waals surface area contributed by atoms with Gasteiger partial charge in [0.15, 0.2) is 0 Å². The number of hydrogen-bond acceptors (Lipinski definition) is 3. The van der Waals surface area contributed by atoms with Crippen molar-refractivity contribution in [3.05, 3.63) is 24.3 Å². The summed E-state index contributed by atoms with van der Waals surface area (Å²) in [5.74, 6) is 1.76. The number of benzene rings is 1. The molecular weight excluding hydrogens is 226 g/mol. The van der Waals surface area contributed by atoms with E-state index in [2.05, 4.69) is 24.4 Å². The van der Waals surface area contributed by atoms with E-state index in [-0.39, 0.29) is 0 Å². The van der Waals surface area contributed by atoms with Crippen molar-refractivity contribution >= 4 is 5.69 Å². The number of rotatable bonds is 6. The number of nitrogens with one attached hydrogen (secondary N) is 1. The largest absolute Gasteiger partial charge is 0.491 e. The predicted octanol–water partition coefficient (Wildman–Crippen LogP) is 3.31. The van der Waals surface area contributed by atoms with Crippen molar-refractivity contribution < 1.29 is 9.47 Å². The van der Waals surface area contributed by atoms with Crippen molar-refractivity contribution in [2.45, 2.75) is 32.2 Å². The third kappa shape index (κ3) is 3.91. The van der Waals surface area contributed by atoms with E-state index in [0.29, 0.717) is 19.3 Å². The Morgan fingerprint density at radius 2 is 2.17 bits per heavy atom. The monoisotopic (exact) mass is 249 g/mol. The van der Waals surface area contributed by atoms with E-state index in [1.165, 1.54) is 19.3 Å². The van der Waals surface area contributed by atoms with E-state index in [0.717, 1.165) is 17.4 Å². The van der Waals surface area contributed by atoms with Crippen LogP contribution in [0.5, 0.6) is 5.75 Å². The van der Waals surface area contributed by atoms with Crippen LogP contribution in [0, 0.1) is 5.92 Å². The number of ether oxygens (including phenoxy) is 2. The van der Waals surface area contributed by atoms with Crippen LogP contribution in [0.3, 0.4) is 0 Å². The summed E-state index contributed by atoms with van der Waals surface area (Å²) in [7, 11) is 1.68. The van der Waals surface area contributed by atoms with Crippen LogP contribution in [-0.4, -0.2) is 26.4 Å². The van der Waals surface area contributed by atoms with Gasteiger partial charge in [0.1, 0.15) is 12.4 Å². The van der Waals surface area contributed by atoms with Gasteiger partial charge in [0, 0.05) is 24.9 Å². The van der Waals surface area contributed by atoms with Gasteiger partial charge in [-0.2, -0.15) is 0 Å². The summed E-state index contributed by atoms with van der Waals surface area (Å²) in [5.41, 5.74) is 1.16. The van der Waals surface area contributed by atoms with E-state index >= 15 is 0 Å². The van der Waals surface area contributed by atoms with Crippen LogP contribution in [-0.2, 0) is 4.74 Å².